The first-order valence-corrected chi connectivity index (χ1v) is 7.73. The fraction of sp³-hybridized carbons (Fsp3) is 0.0556. The molecule has 22 heavy (non-hydrogen) atoms. The molecular formula is C18H14FNOS. The standard InChI is InChI=1S/C18H14FNOS/c1-12-5-7-13(8-6-12)16-9-10-22-17(16)18(21)20-15-4-2-3-14(19)11-15/h2-11H,1H3,(H,20,21). The van der Waals surface area contributed by atoms with Gasteiger partial charge in [-0.1, -0.05) is 35.9 Å². The Balaban J connectivity index is 1.88. The zero-order valence-electron chi connectivity index (χ0n) is 12.0. The second kappa shape index (κ2) is 6.12. The van der Waals surface area contributed by atoms with Crippen molar-refractivity contribution in [3.05, 3.63) is 76.2 Å². The molecule has 3 aromatic rings. The third-order valence-electron chi connectivity index (χ3n) is 3.32. The van der Waals surface area contributed by atoms with Gasteiger partial charge in [-0.05, 0) is 42.1 Å². The van der Waals surface area contributed by atoms with Crippen LogP contribution in [-0.2, 0) is 0 Å². The fourth-order valence-electron chi connectivity index (χ4n) is 2.20. The Morgan fingerprint density at radius 3 is 2.59 bits per heavy atom. The third kappa shape index (κ3) is 3.07. The van der Waals surface area contributed by atoms with Gasteiger partial charge in [0.05, 0.1) is 4.88 Å². The number of hydrogen-bond donors (Lipinski definition) is 1. The molecule has 2 nitrogen and oxygen atoms in total. The minimum atomic E-state index is -0.372. The lowest BCUT2D eigenvalue weighted by molar-refractivity contribution is 0.103. The smallest absolute Gasteiger partial charge is 0.266 e. The first kappa shape index (κ1) is 14.5. The normalized spacial score (nSPS) is 10.5. The summed E-state index contributed by atoms with van der Waals surface area (Å²) in [5, 5.41) is 4.62. The molecule has 1 aromatic heterocycles. The summed E-state index contributed by atoms with van der Waals surface area (Å²) < 4.78 is 13.2. The number of thiophene rings is 1. The molecule has 1 N–H and O–H groups in total. The highest BCUT2D eigenvalue weighted by Crippen LogP contribution is 2.29. The average Bonchev–Trinajstić information content (AvgIpc) is 2.97. The van der Waals surface area contributed by atoms with Gasteiger partial charge >= 0.3 is 0 Å². The van der Waals surface area contributed by atoms with Gasteiger partial charge in [-0.3, -0.25) is 4.79 Å². The Morgan fingerprint density at radius 1 is 1.09 bits per heavy atom. The second-order valence-corrected chi connectivity index (χ2v) is 5.91. The maximum atomic E-state index is 13.2. The first-order chi connectivity index (χ1) is 10.6. The van der Waals surface area contributed by atoms with Gasteiger partial charge in [0.25, 0.3) is 5.91 Å². The predicted molar refractivity (Wildman–Crippen MR) is 88.8 cm³/mol. The summed E-state index contributed by atoms with van der Waals surface area (Å²) in [6.45, 7) is 2.02. The molecule has 0 atom stereocenters. The van der Waals surface area contributed by atoms with E-state index in [9.17, 15) is 9.18 Å². The molecular weight excluding hydrogens is 297 g/mol. The number of hydrogen-bond acceptors (Lipinski definition) is 2. The highest BCUT2D eigenvalue weighted by Gasteiger charge is 2.15. The molecule has 0 unspecified atom stereocenters. The Hall–Kier alpha value is -2.46. The molecule has 0 saturated heterocycles. The van der Waals surface area contributed by atoms with Gasteiger partial charge in [0.2, 0.25) is 0 Å². The zero-order valence-corrected chi connectivity index (χ0v) is 12.8. The van der Waals surface area contributed by atoms with Gasteiger partial charge < -0.3 is 5.32 Å². The van der Waals surface area contributed by atoms with E-state index in [0.717, 1.165) is 11.1 Å². The number of halogens is 1. The van der Waals surface area contributed by atoms with Crippen LogP contribution in [0.1, 0.15) is 15.2 Å². The van der Waals surface area contributed by atoms with Crippen LogP contribution in [0.25, 0.3) is 11.1 Å². The number of nitrogens with one attached hydrogen (secondary N) is 1. The van der Waals surface area contributed by atoms with E-state index in [1.165, 1.54) is 29.0 Å². The predicted octanol–water partition coefficient (Wildman–Crippen LogP) is 5.11. The average molecular weight is 311 g/mol. The lowest BCUT2D eigenvalue weighted by atomic mass is 10.0. The number of anilines is 1. The second-order valence-electron chi connectivity index (χ2n) is 4.99. The lowest BCUT2D eigenvalue weighted by Gasteiger charge is -2.07. The van der Waals surface area contributed by atoms with E-state index in [1.54, 1.807) is 12.1 Å². The molecule has 0 saturated carbocycles. The number of carbonyl (C=O) groups excluding carboxylic acids is 1. The Kier molecular flexibility index (Phi) is 4.02. The van der Waals surface area contributed by atoms with Crippen LogP contribution in [0.5, 0.6) is 0 Å². The molecule has 0 fully saturated rings. The number of rotatable bonds is 3. The van der Waals surface area contributed by atoms with Crippen LogP contribution < -0.4 is 5.32 Å². The van der Waals surface area contributed by atoms with Gasteiger partial charge in [-0.15, -0.1) is 11.3 Å². The van der Waals surface area contributed by atoms with E-state index >= 15 is 0 Å². The summed E-state index contributed by atoms with van der Waals surface area (Å²) in [6.07, 6.45) is 0. The van der Waals surface area contributed by atoms with Crippen molar-refractivity contribution in [2.75, 3.05) is 5.32 Å². The van der Waals surface area contributed by atoms with Crippen molar-refractivity contribution in [1.29, 1.82) is 0 Å². The van der Waals surface area contributed by atoms with Crippen LogP contribution in [0.3, 0.4) is 0 Å². The summed E-state index contributed by atoms with van der Waals surface area (Å²) >= 11 is 1.37. The monoisotopic (exact) mass is 311 g/mol. The van der Waals surface area contributed by atoms with Crippen LogP contribution in [0.4, 0.5) is 10.1 Å². The fourth-order valence-corrected chi connectivity index (χ4v) is 3.01. The SMILES string of the molecule is Cc1ccc(-c2ccsc2C(=O)Nc2cccc(F)c2)cc1. The number of carbonyl (C=O) groups is 1. The van der Waals surface area contributed by atoms with Gasteiger partial charge in [-0.25, -0.2) is 4.39 Å². The first-order valence-electron chi connectivity index (χ1n) is 6.85. The minimum absolute atomic E-state index is 0.226. The molecule has 1 heterocycles. The van der Waals surface area contributed by atoms with E-state index in [2.05, 4.69) is 5.32 Å². The van der Waals surface area contributed by atoms with Crippen molar-refractivity contribution < 1.29 is 9.18 Å². The van der Waals surface area contributed by atoms with Crippen molar-refractivity contribution in [2.24, 2.45) is 0 Å². The minimum Gasteiger partial charge on any atom is -0.321 e. The van der Waals surface area contributed by atoms with E-state index in [-0.39, 0.29) is 11.7 Å². The summed E-state index contributed by atoms with van der Waals surface area (Å²) in [6, 6.07) is 15.8. The molecule has 110 valence electrons. The summed E-state index contributed by atoms with van der Waals surface area (Å²) in [5.41, 5.74) is 3.51. The molecule has 1 amide bonds. The Labute approximate surface area is 132 Å². The van der Waals surface area contributed by atoms with E-state index < -0.39 is 0 Å². The molecule has 0 bridgehead atoms. The molecule has 0 aliphatic heterocycles. The van der Waals surface area contributed by atoms with Crippen LogP contribution in [0, 0.1) is 12.7 Å². The Bertz CT molecular complexity index is 808. The summed E-state index contributed by atoms with van der Waals surface area (Å²) in [4.78, 5) is 13.0. The van der Waals surface area contributed by atoms with E-state index in [0.29, 0.717) is 10.6 Å². The van der Waals surface area contributed by atoms with Gasteiger partial charge in [0, 0.05) is 11.3 Å². The van der Waals surface area contributed by atoms with Gasteiger partial charge in [0.1, 0.15) is 5.82 Å². The van der Waals surface area contributed by atoms with Gasteiger partial charge in [0.15, 0.2) is 0 Å². The quantitative estimate of drug-likeness (QED) is 0.715. The van der Waals surface area contributed by atoms with Crippen LogP contribution in [0.15, 0.2) is 60.0 Å². The Morgan fingerprint density at radius 2 is 1.86 bits per heavy atom. The number of amides is 1. The van der Waals surface area contributed by atoms with Crippen LogP contribution >= 0.6 is 11.3 Å². The topological polar surface area (TPSA) is 29.1 Å². The summed E-state index contributed by atoms with van der Waals surface area (Å²) in [7, 11) is 0. The maximum Gasteiger partial charge on any atom is 0.266 e. The van der Waals surface area contributed by atoms with Crippen LogP contribution in [-0.4, -0.2) is 5.91 Å². The van der Waals surface area contributed by atoms with Crippen molar-refractivity contribution >= 4 is 22.9 Å². The van der Waals surface area contributed by atoms with Gasteiger partial charge in [-0.2, -0.15) is 0 Å². The lowest BCUT2D eigenvalue weighted by Crippen LogP contribution is -2.11. The largest absolute Gasteiger partial charge is 0.321 e. The van der Waals surface area contributed by atoms with Crippen molar-refractivity contribution in [2.45, 2.75) is 6.92 Å². The number of benzene rings is 2. The molecule has 0 radical (unpaired) electrons. The molecule has 0 aliphatic carbocycles. The van der Waals surface area contributed by atoms with E-state index in [4.69, 9.17) is 0 Å². The molecule has 3 rings (SSSR count). The van der Waals surface area contributed by atoms with Crippen molar-refractivity contribution in [1.82, 2.24) is 0 Å². The van der Waals surface area contributed by atoms with Crippen molar-refractivity contribution in [3.63, 3.8) is 0 Å². The zero-order chi connectivity index (χ0) is 15.5. The van der Waals surface area contributed by atoms with E-state index in [1.807, 2.05) is 42.6 Å². The molecule has 2 aromatic carbocycles. The van der Waals surface area contributed by atoms with Crippen LogP contribution in [0.2, 0.25) is 0 Å². The third-order valence-corrected chi connectivity index (χ3v) is 4.23. The van der Waals surface area contributed by atoms with Crippen molar-refractivity contribution in [3.8, 4) is 11.1 Å². The highest BCUT2D eigenvalue weighted by molar-refractivity contribution is 7.12. The molecule has 0 aliphatic rings. The maximum absolute atomic E-state index is 13.2. The summed E-state index contributed by atoms with van der Waals surface area (Å²) in [5.74, 6) is -0.598. The highest BCUT2D eigenvalue weighted by atomic mass is 32.1. The molecule has 0 spiro atoms. The molecule has 4 heteroatoms. The number of aryl methyl sites for hydroxylation is 1.